The summed E-state index contributed by atoms with van der Waals surface area (Å²) in [4.78, 5) is 6.87. The molecule has 2 heterocycles. The lowest BCUT2D eigenvalue weighted by molar-refractivity contribution is 0.184. The van der Waals surface area contributed by atoms with Crippen molar-refractivity contribution in [3.63, 3.8) is 0 Å². The number of pyridine rings is 1. The zero-order chi connectivity index (χ0) is 11.9. The molecule has 0 saturated carbocycles. The van der Waals surface area contributed by atoms with Crippen LogP contribution in [0, 0.1) is 5.92 Å². The summed E-state index contributed by atoms with van der Waals surface area (Å²) in [5.41, 5.74) is 1.12. The van der Waals surface area contributed by atoms with E-state index in [1.807, 2.05) is 18.3 Å². The normalized spacial score (nSPS) is 21.6. The summed E-state index contributed by atoms with van der Waals surface area (Å²) in [5.74, 6) is 0.875. The second-order valence-corrected chi connectivity index (χ2v) is 5.05. The van der Waals surface area contributed by atoms with E-state index in [0.29, 0.717) is 0 Å². The maximum atomic E-state index is 4.30. The van der Waals surface area contributed by atoms with E-state index in [4.69, 9.17) is 0 Å². The molecule has 1 unspecified atom stereocenters. The van der Waals surface area contributed by atoms with Crippen molar-refractivity contribution in [1.29, 1.82) is 0 Å². The minimum Gasteiger partial charge on any atom is -0.310 e. The molecule has 1 aliphatic rings. The van der Waals surface area contributed by atoms with Crippen LogP contribution in [0.4, 0.5) is 0 Å². The Labute approximate surface area is 104 Å². The van der Waals surface area contributed by atoms with Crippen LogP contribution in [0.2, 0.25) is 0 Å². The molecule has 0 amide bonds. The van der Waals surface area contributed by atoms with Crippen LogP contribution in [-0.4, -0.2) is 36.1 Å². The van der Waals surface area contributed by atoms with Gasteiger partial charge in [0.1, 0.15) is 0 Å². The zero-order valence-corrected chi connectivity index (χ0v) is 10.7. The summed E-state index contributed by atoms with van der Waals surface area (Å²) in [6.07, 6.45) is 4.61. The predicted octanol–water partition coefficient (Wildman–Crippen LogP) is 1.90. The number of hydrogen-bond acceptors (Lipinski definition) is 3. The highest BCUT2D eigenvalue weighted by Gasteiger charge is 2.15. The van der Waals surface area contributed by atoms with Crippen LogP contribution in [0.1, 0.15) is 25.5 Å². The molecular weight excluding hydrogens is 210 g/mol. The highest BCUT2D eigenvalue weighted by atomic mass is 15.1. The Morgan fingerprint density at radius 1 is 1.47 bits per heavy atom. The fourth-order valence-electron chi connectivity index (χ4n) is 2.45. The molecule has 0 radical (unpaired) electrons. The average Bonchev–Trinajstić information content (AvgIpc) is 2.36. The standard InChI is InChI=1S/C14H23N3/c1-13-5-4-9-17(12-13)10-8-15-11-14-6-2-3-7-16-14/h2-3,6-7,13,15H,4-5,8-12H2,1H3. The predicted molar refractivity (Wildman–Crippen MR) is 70.8 cm³/mol. The van der Waals surface area contributed by atoms with Gasteiger partial charge in [-0.15, -0.1) is 0 Å². The molecule has 0 aliphatic carbocycles. The van der Waals surface area contributed by atoms with Gasteiger partial charge in [-0.1, -0.05) is 13.0 Å². The molecule has 1 N–H and O–H groups in total. The molecule has 1 fully saturated rings. The molecule has 1 atom stereocenters. The summed E-state index contributed by atoms with van der Waals surface area (Å²) in [6, 6.07) is 6.06. The van der Waals surface area contributed by atoms with E-state index in [9.17, 15) is 0 Å². The van der Waals surface area contributed by atoms with E-state index in [1.54, 1.807) is 0 Å². The molecule has 1 saturated heterocycles. The molecule has 0 aromatic carbocycles. The Balaban J connectivity index is 1.60. The topological polar surface area (TPSA) is 28.2 Å². The van der Waals surface area contributed by atoms with Crippen LogP contribution in [0.25, 0.3) is 0 Å². The van der Waals surface area contributed by atoms with Gasteiger partial charge in [0.05, 0.1) is 5.69 Å². The van der Waals surface area contributed by atoms with Gasteiger partial charge in [0, 0.05) is 32.4 Å². The Morgan fingerprint density at radius 2 is 2.41 bits per heavy atom. The molecule has 1 aromatic heterocycles. The van der Waals surface area contributed by atoms with Gasteiger partial charge in [0.2, 0.25) is 0 Å². The van der Waals surface area contributed by atoms with E-state index in [0.717, 1.165) is 31.2 Å². The van der Waals surface area contributed by atoms with Crippen molar-refractivity contribution in [2.45, 2.75) is 26.3 Å². The number of aromatic nitrogens is 1. The molecule has 0 bridgehead atoms. The molecular formula is C14H23N3. The van der Waals surface area contributed by atoms with E-state index < -0.39 is 0 Å². The molecule has 3 nitrogen and oxygen atoms in total. The van der Waals surface area contributed by atoms with Gasteiger partial charge < -0.3 is 10.2 Å². The quantitative estimate of drug-likeness (QED) is 0.787. The van der Waals surface area contributed by atoms with Crippen molar-refractivity contribution in [1.82, 2.24) is 15.2 Å². The Morgan fingerprint density at radius 3 is 3.18 bits per heavy atom. The Hall–Kier alpha value is -0.930. The molecule has 1 aliphatic heterocycles. The first-order valence-corrected chi connectivity index (χ1v) is 6.67. The average molecular weight is 233 g/mol. The summed E-state index contributed by atoms with van der Waals surface area (Å²) in [6.45, 7) is 8.00. The van der Waals surface area contributed by atoms with Gasteiger partial charge in [0.25, 0.3) is 0 Å². The van der Waals surface area contributed by atoms with Gasteiger partial charge >= 0.3 is 0 Å². The zero-order valence-electron chi connectivity index (χ0n) is 10.7. The van der Waals surface area contributed by atoms with Crippen molar-refractivity contribution < 1.29 is 0 Å². The van der Waals surface area contributed by atoms with Gasteiger partial charge in [-0.2, -0.15) is 0 Å². The van der Waals surface area contributed by atoms with Crippen LogP contribution in [0.5, 0.6) is 0 Å². The lowest BCUT2D eigenvalue weighted by Crippen LogP contribution is -2.38. The van der Waals surface area contributed by atoms with E-state index in [2.05, 4.69) is 28.2 Å². The van der Waals surface area contributed by atoms with Gasteiger partial charge in [-0.05, 0) is 37.4 Å². The highest BCUT2D eigenvalue weighted by Crippen LogP contribution is 2.14. The van der Waals surface area contributed by atoms with Crippen LogP contribution >= 0.6 is 0 Å². The molecule has 2 rings (SSSR count). The van der Waals surface area contributed by atoms with E-state index >= 15 is 0 Å². The Kier molecular flexibility index (Phi) is 4.95. The van der Waals surface area contributed by atoms with Crippen LogP contribution in [0.15, 0.2) is 24.4 Å². The van der Waals surface area contributed by atoms with Crippen molar-refractivity contribution in [3.8, 4) is 0 Å². The smallest absolute Gasteiger partial charge is 0.0541 e. The molecule has 3 heteroatoms. The lowest BCUT2D eigenvalue weighted by Gasteiger charge is -2.30. The number of rotatable bonds is 5. The SMILES string of the molecule is CC1CCCN(CCNCc2ccccn2)C1. The second-order valence-electron chi connectivity index (χ2n) is 5.05. The summed E-state index contributed by atoms with van der Waals surface area (Å²) >= 11 is 0. The van der Waals surface area contributed by atoms with E-state index in [-0.39, 0.29) is 0 Å². The number of piperidine rings is 1. The number of nitrogens with one attached hydrogen (secondary N) is 1. The largest absolute Gasteiger partial charge is 0.310 e. The third-order valence-electron chi connectivity index (χ3n) is 3.38. The van der Waals surface area contributed by atoms with E-state index in [1.165, 1.54) is 25.9 Å². The first-order valence-electron chi connectivity index (χ1n) is 6.67. The van der Waals surface area contributed by atoms with Gasteiger partial charge in [0.15, 0.2) is 0 Å². The van der Waals surface area contributed by atoms with Crippen LogP contribution in [0.3, 0.4) is 0 Å². The molecule has 17 heavy (non-hydrogen) atoms. The summed E-state index contributed by atoms with van der Waals surface area (Å²) < 4.78 is 0. The third-order valence-corrected chi connectivity index (χ3v) is 3.38. The maximum absolute atomic E-state index is 4.30. The van der Waals surface area contributed by atoms with Crippen molar-refractivity contribution >= 4 is 0 Å². The van der Waals surface area contributed by atoms with Crippen LogP contribution in [-0.2, 0) is 6.54 Å². The first-order chi connectivity index (χ1) is 8.34. The Bertz CT molecular complexity index is 313. The molecule has 1 aromatic rings. The van der Waals surface area contributed by atoms with Crippen molar-refractivity contribution in [2.24, 2.45) is 5.92 Å². The second kappa shape index (κ2) is 6.72. The third kappa shape index (κ3) is 4.44. The number of likely N-dealkylation sites (tertiary alicyclic amines) is 1. The minimum atomic E-state index is 0.875. The number of nitrogens with zero attached hydrogens (tertiary/aromatic N) is 2. The van der Waals surface area contributed by atoms with Crippen molar-refractivity contribution in [3.05, 3.63) is 30.1 Å². The number of hydrogen-bond donors (Lipinski definition) is 1. The first kappa shape index (κ1) is 12.5. The molecule has 94 valence electrons. The fourth-order valence-corrected chi connectivity index (χ4v) is 2.45. The maximum Gasteiger partial charge on any atom is 0.0541 e. The summed E-state index contributed by atoms with van der Waals surface area (Å²) in [5, 5.41) is 3.46. The van der Waals surface area contributed by atoms with Crippen LogP contribution < -0.4 is 5.32 Å². The molecule has 0 spiro atoms. The fraction of sp³-hybridized carbons (Fsp3) is 0.643. The minimum absolute atomic E-state index is 0.875. The van der Waals surface area contributed by atoms with Gasteiger partial charge in [-0.25, -0.2) is 0 Å². The monoisotopic (exact) mass is 233 g/mol. The lowest BCUT2D eigenvalue weighted by atomic mass is 10.0. The van der Waals surface area contributed by atoms with Gasteiger partial charge in [-0.3, -0.25) is 4.98 Å². The van der Waals surface area contributed by atoms with Crippen molar-refractivity contribution in [2.75, 3.05) is 26.2 Å². The highest BCUT2D eigenvalue weighted by molar-refractivity contribution is 5.02. The summed E-state index contributed by atoms with van der Waals surface area (Å²) in [7, 11) is 0.